The number of carbonyl (C=O) groups is 2. The third-order valence-electron chi connectivity index (χ3n) is 8.27. The van der Waals surface area contributed by atoms with Crippen LogP contribution in [0.4, 0.5) is 0 Å². The average Bonchev–Trinajstić information content (AvgIpc) is 2.92. The summed E-state index contributed by atoms with van der Waals surface area (Å²) in [5.74, 6) is -1.99. The predicted octanol–water partition coefficient (Wildman–Crippen LogP) is 1.90. The maximum Gasteiger partial charge on any atom is 0.0861 e. The van der Waals surface area contributed by atoms with Gasteiger partial charge in [0.1, 0.15) is 0 Å². The quantitative estimate of drug-likeness (QED) is 0.542. The summed E-state index contributed by atoms with van der Waals surface area (Å²) in [7, 11) is 0. The molecule has 0 saturated heterocycles. The number of aliphatic carboxylic acids is 2. The Morgan fingerprint density at radius 2 is 0.649 bits per heavy atom. The topological polar surface area (TPSA) is 145 Å². The Bertz CT molecular complexity index is 456. The zero-order chi connectivity index (χ0) is 26.4. The Balaban J connectivity index is 0.000000510. The summed E-state index contributed by atoms with van der Waals surface area (Å²) in [4.78, 5) is 18.5. The smallest absolute Gasteiger partial charge is 0.0861 e. The molecule has 7 nitrogen and oxygen atoms in total. The van der Waals surface area contributed by atoms with E-state index in [0.29, 0.717) is 0 Å². The van der Waals surface area contributed by atoms with E-state index >= 15 is 0 Å². The van der Waals surface area contributed by atoms with Gasteiger partial charge in [0.25, 0.3) is 0 Å². The molecule has 220 valence electrons. The van der Waals surface area contributed by atoms with E-state index in [1.165, 1.54) is 142 Å². The van der Waals surface area contributed by atoms with Crippen molar-refractivity contribution in [2.24, 2.45) is 0 Å². The SMILES string of the molecule is C1CCC([NH2+]C2CCCCC2)CC1.C1CCC([NH2+]C2CCCCC2)CC1.CCC(=O)[O-].CCC(=O)[O-].O. The lowest BCUT2D eigenvalue weighted by Crippen LogP contribution is -2.95. The van der Waals surface area contributed by atoms with Crippen LogP contribution in [0.2, 0.25) is 0 Å². The summed E-state index contributed by atoms with van der Waals surface area (Å²) >= 11 is 0. The van der Waals surface area contributed by atoms with Crippen LogP contribution < -0.4 is 20.8 Å². The predicted molar refractivity (Wildman–Crippen MR) is 146 cm³/mol. The lowest BCUT2D eigenvalue weighted by molar-refractivity contribution is -0.726. The van der Waals surface area contributed by atoms with E-state index < -0.39 is 11.9 Å². The van der Waals surface area contributed by atoms with Crippen molar-refractivity contribution in [1.29, 1.82) is 0 Å². The molecule has 4 rings (SSSR count). The highest BCUT2D eigenvalue weighted by molar-refractivity contribution is 5.63. The molecule has 0 aromatic rings. The minimum absolute atomic E-state index is 0. The summed E-state index contributed by atoms with van der Waals surface area (Å²) in [6, 6.07) is 3.99. The molecule has 4 aliphatic carbocycles. The number of carboxylic acid groups (broad SMARTS) is 2. The Kier molecular flexibility index (Phi) is 23.1. The van der Waals surface area contributed by atoms with Gasteiger partial charge in [-0.2, -0.15) is 0 Å². The minimum Gasteiger partial charge on any atom is -0.550 e. The zero-order valence-corrected chi connectivity index (χ0v) is 24.2. The van der Waals surface area contributed by atoms with Gasteiger partial charge in [0.05, 0.1) is 24.2 Å². The van der Waals surface area contributed by atoms with Crippen molar-refractivity contribution in [1.82, 2.24) is 0 Å². The number of quaternary nitrogens is 2. The molecule has 0 radical (unpaired) electrons. The fourth-order valence-electron chi connectivity index (χ4n) is 6.08. The maximum absolute atomic E-state index is 9.26. The Labute approximate surface area is 227 Å². The molecule has 4 saturated carbocycles. The largest absolute Gasteiger partial charge is 0.550 e. The molecular weight excluding hydrogens is 468 g/mol. The fraction of sp³-hybridized carbons (Fsp3) is 0.933. The van der Waals surface area contributed by atoms with Crippen LogP contribution in [0.25, 0.3) is 0 Å². The highest BCUT2D eigenvalue weighted by Gasteiger charge is 2.23. The molecule has 7 heteroatoms. The molecule has 37 heavy (non-hydrogen) atoms. The third-order valence-corrected chi connectivity index (χ3v) is 8.27. The molecule has 0 spiro atoms. The molecule has 0 amide bonds. The second kappa shape index (κ2) is 23.9. The van der Waals surface area contributed by atoms with Gasteiger partial charge in [-0.15, -0.1) is 0 Å². The van der Waals surface area contributed by atoms with Crippen molar-refractivity contribution in [3.63, 3.8) is 0 Å². The highest BCUT2D eigenvalue weighted by atomic mass is 16.4. The van der Waals surface area contributed by atoms with E-state index in [9.17, 15) is 19.8 Å². The standard InChI is InChI=1S/2C12H23N.2C3H6O2.H2O/c2*1-3-7-11(8-4-1)13-12-9-5-2-6-10-12;2*1-2-3(4)5;/h2*11-13H,1-10H2;2*2H2,1H3,(H,4,5);1H2. The molecule has 4 fully saturated rings. The Hall–Kier alpha value is -1.18. The van der Waals surface area contributed by atoms with E-state index in [4.69, 9.17) is 0 Å². The first-order valence-electron chi connectivity index (χ1n) is 15.5. The van der Waals surface area contributed by atoms with Crippen molar-refractivity contribution >= 4 is 11.9 Å². The van der Waals surface area contributed by atoms with Crippen molar-refractivity contribution < 1.29 is 35.9 Å². The summed E-state index contributed by atoms with van der Waals surface area (Å²) < 4.78 is 0. The van der Waals surface area contributed by atoms with Gasteiger partial charge in [-0.25, -0.2) is 0 Å². The van der Waals surface area contributed by atoms with Crippen molar-refractivity contribution in [3.05, 3.63) is 0 Å². The normalized spacial score (nSPS) is 21.5. The van der Waals surface area contributed by atoms with Gasteiger partial charge in [-0.05, 0) is 116 Å². The van der Waals surface area contributed by atoms with Crippen LogP contribution in [0.5, 0.6) is 0 Å². The molecule has 0 aromatic heterocycles. The number of hydrogen-bond acceptors (Lipinski definition) is 4. The molecule has 0 bridgehead atoms. The molecule has 0 atom stereocenters. The van der Waals surface area contributed by atoms with E-state index in [1.807, 2.05) is 0 Å². The first-order valence-corrected chi connectivity index (χ1v) is 15.5. The van der Waals surface area contributed by atoms with Gasteiger partial charge in [0, 0.05) is 11.9 Å². The lowest BCUT2D eigenvalue weighted by Gasteiger charge is -2.27. The number of hydrogen-bond donors (Lipinski definition) is 2. The monoisotopic (exact) mass is 528 g/mol. The Morgan fingerprint density at radius 1 is 0.486 bits per heavy atom. The summed E-state index contributed by atoms with van der Waals surface area (Å²) in [5.41, 5.74) is 0. The fourth-order valence-corrected chi connectivity index (χ4v) is 6.08. The first-order chi connectivity index (χ1) is 17.4. The van der Waals surface area contributed by atoms with Gasteiger partial charge in [0.2, 0.25) is 0 Å². The van der Waals surface area contributed by atoms with Crippen LogP contribution in [0, 0.1) is 0 Å². The van der Waals surface area contributed by atoms with Crippen LogP contribution in [0.3, 0.4) is 0 Å². The molecule has 6 N–H and O–H groups in total. The molecule has 0 heterocycles. The van der Waals surface area contributed by atoms with Crippen molar-refractivity contribution in [2.45, 2.75) is 179 Å². The van der Waals surface area contributed by atoms with Crippen LogP contribution >= 0.6 is 0 Å². The van der Waals surface area contributed by atoms with Gasteiger partial charge in [-0.3, -0.25) is 0 Å². The van der Waals surface area contributed by atoms with Crippen LogP contribution in [-0.4, -0.2) is 41.6 Å². The number of carboxylic acids is 2. The van der Waals surface area contributed by atoms with Gasteiger partial charge in [-0.1, -0.05) is 39.5 Å². The maximum atomic E-state index is 9.26. The molecule has 0 aromatic carbocycles. The second-order valence-electron chi connectivity index (χ2n) is 11.4. The lowest BCUT2D eigenvalue weighted by atomic mass is 9.91. The van der Waals surface area contributed by atoms with E-state index in [1.54, 1.807) is 0 Å². The summed E-state index contributed by atoms with van der Waals surface area (Å²) in [6.45, 7) is 3.07. The van der Waals surface area contributed by atoms with E-state index in [0.717, 1.165) is 24.2 Å². The molecular formula is C30H60N2O5. The van der Waals surface area contributed by atoms with Crippen LogP contribution in [0.1, 0.15) is 155 Å². The Morgan fingerprint density at radius 3 is 0.784 bits per heavy atom. The minimum atomic E-state index is -0.995. The van der Waals surface area contributed by atoms with Crippen molar-refractivity contribution in [3.8, 4) is 0 Å². The van der Waals surface area contributed by atoms with Gasteiger partial charge in [0.15, 0.2) is 0 Å². The average molecular weight is 529 g/mol. The van der Waals surface area contributed by atoms with Crippen LogP contribution in [-0.2, 0) is 9.59 Å². The molecule has 4 aliphatic rings. The first kappa shape index (κ1) is 35.8. The highest BCUT2D eigenvalue weighted by Crippen LogP contribution is 2.19. The van der Waals surface area contributed by atoms with Gasteiger partial charge < -0.3 is 35.9 Å². The number of nitrogens with two attached hydrogens (primary N) is 2. The summed E-state index contributed by atoms with van der Waals surface area (Å²) in [5, 5.41) is 24.0. The van der Waals surface area contributed by atoms with Crippen LogP contribution in [0.15, 0.2) is 0 Å². The van der Waals surface area contributed by atoms with Gasteiger partial charge >= 0.3 is 0 Å². The third kappa shape index (κ3) is 20.5. The molecule has 0 unspecified atom stereocenters. The van der Waals surface area contributed by atoms with E-state index in [-0.39, 0.29) is 18.3 Å². The summed E-state index contributed by atoms with van der Waals surface area (Å²) in [6.07, 6.45) is 30.1. The van der Waals surface area contributed by atoms with E-state index in [2.05, 4.69) is 10.6 Å². The number of rotatable bonds is 6. The second-order valence-corrected chi connectivity index (χ2v) is 11.4. The van der Waals surface area contributed by atoms with Crippen molar-refractivity contribution in [2.75, 3.05) is 0 Å². The number of carbonyl (C=O) groups excluding carboxylic acids is 2. The molecule has 0 aliphatic heterocycles. The zero-order valence-electron chi connectivity index (χ0n) is 24.2.